The topological polar surface area (TPSA) is 210 Å². The van der Waals surface area contributed by atoms with E-state index in [4.69, 9.17) is 14.6 Å². The number of benzene rings is 2. The van der Waals surface area contributed by atoms with Gasteiger partial charge in [-0.2, -0.15) is 4.39 Å². The Labute approximate surface area is 364 Å². The first-order valence-electron chi connectivity index (χ1n) is 20.2. The molecule has 0 unspecified atom stereocenters. The van der Waals surface area contributed by atoms with E-state index in [-0.39, 0.29) is 64.6 Å². The first-order valence-corrected chi connectivity index (χ1v) is 20.2. The van der Waals surface area contributed by atoms with E-state index in [9.17, 15) is 41.8 Å². The van der Waals surface area contributed by atoms with Crippen LogP contribution in [-0.2, 0) is 0 Å². The molecule has 340 valence electrons. The van der Waals surface area contributed by atoms with Gasteiger partial charge in [0.05, 0.1) is 58.7 Å². The minimum Gasteiger partial charge on any atom is -0.487 e. The van der Waals surface area contributed by atoms with Crippen molar-refractivity contribution < 1.29 is 51.2 Å². The fraction of sp³-hybridized carbons (Fsp3) is 0.333. The largest absolute Gasteiger partial charge is 0.487 e. The van der Waals surface area contributed by atoms with Crippen molar-refractivity contribution in [3.63, 3.8) is 0 Å². The molecule has 0 radical (unpaired) electrons. The van der Waals surface area contributed by atoms with Crippen LogP contribution in [0.2, 0.25) is 0 Å². The van der Waals surface area contributed by atoms with Crippen LogP contribution in [-0.4, -0.2) is 117 Å². The summed E-state index contributed by atoms with van der Waals surface area (Å²) in [5.74, 6) is -5.86. The second kappa shape index (κ2) is 18.0. The van der Waals surface area contributed by atoms with Gasteiger partial charge in [0.1, 0.15) is 30.0 Å². The Morgan fingerprint density at radius 3 is 1.52 bits per heavy atom. The molecule has 65 heavy (non-hydrogen) atoms. The van der Waals surface area contributed by atoms with Crippen molar-refractivity contribution in [1.82, 2.24) is 34.4 Å². The van der Waals surface area contributed by atoms with Crippen molar-refractivity contribution in [3.05, 3.63) is 110 Å². The zero-order chi connectivity index (χ0) is 46.3. The summed E-state index contributed by atoms with van der Waals surface area (Å²) < 4.78 is 82.3. The monoisotopic (exact) mass is 906 g/mol. The molecule has 4 aromatic heterocycles. The number of hydrogen-bond acceptors (Lipinski definition) is 14. The Morgan fingerprint density at radius 1 is 0.631 bits per heavy atom. The third-order valence-electron chi connectivity index (χ3n) is 11.2. The Bertz CT molecular complexity index is 2940. The molecule has 3 N–H and O–H groups in total. The molecule has 8 heterocycles. The number of halogens is 5. The molecule has 0 bridgehead atoms. The van der Waals surface area contributed by atoms with E-state index in [1.165, 1.54) is 23.2 Å². The summed E-state index contributed by atoms with van der Waals surface area (Å²) in [6.45, 7) is 9.25. The fourth-order valence-corrected chi connectivity index (χ4v) is 7.94. The average Bonchev–Trinajstić information content (AvgIpc) is 3.29. The van der Waals surface area contributed by atoms with Gasteiger partial charge in [-0.15, -0.1) is 0 Å². The van der Waals surface area contributed by atoms with Crippen LogP contribution in [0.15, 0.2) is 58.9 Å². The van der Waals surface area contributed by atoms with Gasteiger partial charge >= 0.3 is 11.9 Å². The van der Waals surface area contributed by atoms with E-state index in [0.717, 1.165) is 50.8 Å². The number of pyridine rings is 2. The van der Waals surface area contributed by atoms with Gasteiger partial charge in [0.25, 0.3) is 0 Å². The zero-order valence-electron chi connectivity index (χ0n) is 34.6. The van der Waals surface area contributed by atoms with E-state index in [2.05, 4.69) is 25.3 Å². The Morgan fingerprint density at radius 2 is 1.05 bits per heavy atom. The minimum absolute atomic E-state index is 0.0222. The molecule has 2 saturated heterocycles. The highest BCUT2D eigenvalue weighted by Gasteiger charge is 2.32. The Balaban J connectivity index is 0.000000148. The first-order chi connectivity index (χ1) is 31.1. The number of piperazine rings is 2. The SMILES string of the molecule is C[C@H]1COc2c(F)c(F)cc3c(=O)c(C(=O)O)cn1c23.C[C@H]1COc2c(N3CCN(c4ncc(F)cn4)CC3)c(F)cc3c(=O)c(C(=O)O)cn1c23.Fc1cnc(N2CCNCC2)nc1. The highest BCUT2D eigenvalue weighted by Crippen LogP contribution is 2.42. The summed E-state index contributed by atoms with van der Waals surface area (Å²) in [6.07, 6.45) is 7.04. The van der Waals surface area contributed by atoms with Gasteiger partial charge in [0, 0.05) is 64.8 Å². The summed E-state index contributed by atoms with van der Waals surface area (Å²) in [6, 6.07) is 1.28. The van der Waals surface area contributed by atoms with Crippen LogP contribution >= 0.6 is 0 Å². The first kappa shape index (κ1) is 44.2. The van der Waals surface area contributed by atoms with E-state index >= 15 is 4.39 Å². The molecule has 0 aliphatic carbocycles. The van der Waals surface area contributed by atoms with Crippen molar-refractivity contribution in [1.29, 1.82) is 0 Å². The van der Waals surface area contributed by atoms with Gasteiger partial charge in [0.2, 0.25) is 28.6 Å². The Kier molecular flexibility index (Phi) is 12.2. The van der Waals surface area contributed by atoms with Crippen LogP contribution in [0.4, 0.5) is 39.5 Å². The summed E-state index contributed by atoms with van der Waals surface area (Å²) in [5, 5.41) is 21.4. The quantitative estimate of drug-likeness (QED) is 0.209. The van der Waals surface area contributed by atoms with Gasteiger partial charge in [0.15, 0.2) is 34.8 Å². The van der Waals surface area contributed by atoms with Crippen LogP contribution in [0.3, 0.4) is 0 Å². The van der Waals surface area contributed by atoms with Gasteiger partial charge in [-0.1, -0.05) is 0 Å². The lowest BCUT2D eigenvalue weighted by Gasteiger charge is -2.38. The van der Waals surface area contributed by atoms with E-state index in [0.29, 0.717) is 49.7 Å². The number of carbonyl (C=O) groups is 2. The normalized spacial score (nSPS) is 17.6. The number of ether oxygens (including phenoxy) is 2. The van der Waals surface area contributed by atoms with Gasteiger partial charge < -0.3 is 48.8 Å². The smallest absolute Gasteiger partial charge is 0.341 e. The molecule has 4 aliphatic rings. The van der Waals surface area contributed by atoms with Gasteiger partial charge in [-0.25, -0.2) is 47.1 Å². The molecular formula is C42H39F5N10O8. The predicted molar refractivity (Wildman–Crippen MR) is 224 cm³/mol. The molecule has 0 amide bonds. The standard InChI is InChI=1S/C21H19F2N5O4.C13H9F2NO4.C8H11FN4/c1-11-10-32-19-16-13(18(29)14(20(30)31)9-28(11)16)6-15(23)17(19)26-2-4-27(5-3-26)21-24-7-12(22)8-25-21;1-5-4-20-12-9(15)8(14)2-6-10(12)16(5)3-7(11(6)17)13(18)19;9-7-5-11-8(12-6-7)13-3-1-10-2-4-13/h6-9,11H,2-5,10H2,1H3,(H,30,31);2-3,5H,4H2,1H3,(H,18,19);5-6,10H,1-4H2/t11-;5-;/m00./s1. The molecule has 2 atom stereocenters. The lowest BCUT2D eigenvalue weighted by atomic mass is 10.1. The molecule has 6 aromatic rings. The highest BCUT2D eigenvalue weighted by molar-refractivity contribution is 5.97. The second-order valence-corrected chi connectivity index (χ2v) is 15.4. The number of rotatable bonds is 5. The van der Waals surface area contributed by atoms with E-state index in [1.54, 1.807) is 11.5 Å². The molecule has 23 heteroatoms. The highest BCUT2D eigenvalue weighted by atomic mass is 19.2. The molecule has 4 aliphatic heterocycles. The number of nitrogens with zero attached hydrogens (tertiary/aromatic N) is 9. The third-order valence-corrected chi connectivity index (χ3v) is 11.2. The number of nitrogens with one attached hydrogen (secondary N) is 1. The number of aromatic nitrogens is 6. The number of anilines is 3. The number of aromatic carboxylic acids is 2. The third kappa shape index (κ3) is 8.53. The summed E-state index contributed by atoms with van der Waals surface area (Å²) in [4.78, 5) is 68.9. The predicted octanol–water partition coefficient (Wildman–Crippen LogP) is 4.00. The maximum Gasteiger partial charge on any atom is 0.341 e. The van der Waals surface area contributed by atoms with Crippen LogP contribution in [0, 0.1) is 29.1 Å². The van der Waals surface area contributed by atoms with E-state index < -0.39 is 57.2 Å². The van der Waals surface area contributed by atoms with Gasteiger partial charge in [-0.05, 0) is 26.0 Å². The minimum atomic E-state index is -1.41. The number of hydrogen-bond donors (Lipinski definition) is 3. The maximum absolute atomic E-state index is 15.3. The molecule has 0 spiro atoms. The molecule has 2 aromatic carbocycles. The van der Waals surface area contributed by atoms with Crippen LogP contribution in [0.1, 0.15) is 46.6 Å². The number of carboxylic acids is 2. The molecular weight excluding hydrogens is 868 g/mol. The van der Waals surface area contributed by atoms with Crippen molar-refractivity contribution in [2.24, 2.45) is 0 Å². The van der Waals surface area contributed by atoms with Gasteiger partial charge in [-0.3, -0.25) is 9.59 Å². The van der Waals surface area contributed by atoms with Crippen LogP contribution in [0.5, 0.6) is 11.5 Å². The lowest BCUT2D eigenvalue weighted by molar-refractivity contribution is 0.0683. The van der Waals surface area contributed by atoms with E-state index in [1.807, 2.05) is 21.6 Å². The molecule has 10 rings (SSSR count). The summed E-state index contributed by atoms with van der Waals surface area (Å²) in [5.41, 5.74) is -1.79. The van der Waals surface area contributed by atoms with Crippen molar-refractivity contribution >= 4 is 51.3 Å². The summed E-state index contributed by atoms with van der Waals surface area (Å²) in [7, 11) is 0. The molecule has 0 saturated carbocycles. The molecule has 18 nitrogen and oxygen atoms in total. The van der Waals surface area contributed by atoms with Crippen LogP contribution in [0.25, 0.3) is 21.8 Å². The number of carboxylic acid groups (broad SMARTS) is 2. The lowest BCUT2D eigenvalue weighted by Crippen LogP contribution is -2.47. The van der Waals surface area contributed by atoms with Crippen LogP contribution < -0.4 is 40.3 Å². The van der Waals surface area contributed by atoms with Crippen molar-refractivity contribution in [2.45, 2.75) is 25.9 Å². The van der Waals surface area contributed by atoms with Crippen molar-refractivity contribution in [3.8, 4) is 11.5 Å². The van der Waals surface area contributed by atoms with Crippen molar-refractivity contribution in [2.75, 3.05) is 80.3 Å². The maximum atomic E-state index is 15.3. The summed E-state index contributed by atoms with van der Waals surface area (Å²) >= 11 is 0. The Hall–Kier alpha value is -7.43. The zero-order valence-corrected chi connectivity index (χ0v) is 34.6. The fourth-order valence-electron chi connectivity index (χ4n) is 7.94. The second-order valence-electron chi connectivity index (χ2n) is 15.4. The average molecular weight is 907 g/mol. The molecule has 2 fully saturated rings.